The molecule has 23 heavy (non-hydrogen) atoms. The van der Waals surface area contributed by atoms with E-state index in [1.54, 1.807) is 29.4 Å². The van der Waals surface area contributed by atoms with Gasteiger partial charge in [-0.2, -0.15) is 0 Å². The lowest BCUT2D eigenvalue weighted by atomic mass is 9.78. The van der Waals surface area contributed by atoms with E-state index < -0.39 is 0 Å². The van der Waals surface area contributed by atoms with Gasteiger partial charge < -0.3 is 10.1 Å². The van der Waals surface area contributed by atoms with Crippen LogP contribution >= 0.6 is 23.1 Å². The number of thioether (sulfide) groups is 1. The molecule has 1 saturated heterocycles. The third-order valence-electron chi connectivity index (χ3n) is 4.94. The van der Waals surface area contributed by atoms with Crippen LogP contribution in [0.2, 0.25) is 0 Å². The quantitative estimate of drug-likeness (QED) is 0.841. The maximum atomic E-state index is 6.20. The van der Waals surface area contributed by atoms with Crippen molar-refractivity contribution in [3.05, 3.63) is 6.33 Å². The summed E-state index contributed by atoms with van der Waals surface area (Å²) >= 11 is 3.33. The molecule has 1 spiro atoms. The first-order valence-electron chi connectivity index (χ1n) is 8.34. The van der Waals surface area contributed by atoms with E-state index in [1.165, 1.54) is 32.1 Å². The van der Waals surface area contributed by atoms with Crippen molar-refractivity contribution in [3.8, 4) is 0 Å². The van der Waals surface area contributed by atoms with Gasteiger partial charge in [-0.15, -0.1) is 11.3 Å². The summed E-state index contributed by atoms with van der Waals surface area (Å²) in [6.07, 6.45) is 12.2. The molecule has 1 atom stereocenters. The van der Waals surface area contributed by atoms with Gasteiger partial charge in [-0.25, -0.2) is 15.0 Å². The van der Waals surface area contributed by atoms with Crippen LogP contribution in [0.15, 0.2) is 10.7 Å². The molecule has 5 nitrogen and oxygen atoms in total. The van der Waals surface area contributed by atoms with E-state index in [2.05, 4.69) is 20.3 Å². The van der Waals surface area contributed by atoms with Crippen molar-refractivity contribution in [2.24, 2.45) is 0 Å². The van der Waals surface area contributed by atoms with Crippen LogP contribution in [0.25, 0.3) is 10.3 Å². The number of hydrogen-bond donors (Lipinski definition) is 1. The maximum Gasteiger partial charge on any atom is 0.176 e. The van der Waals surface area contributed by atoms with Crippen molar-refractivity contribution < 1.29 is 4.74 Å². The normalized spacial score (nSPS) is 24.1. The minimum atomic E-state index is 0.110. The van der Waals surface area contributed by atoms with Gasteiger partial charge >= 0.3 is 0 Å². The monoisotopic (exact) mass is 350 g/mol. The Morgan fingerprint density at radius 2 is 2.17 bits per heavy atom. The minimum absolute atomic E-state index is 0.110. The number of nitrogens with zero attached hydrogens (tertiary/aromatic N) is 3. The topological polar surface area (TPSA) is 59.9 Å². The van der Waals surface area contributed by atoms with Gasteiger partial charge in [-0.05, 0) is 31.9 Å². The Bertz CT molecular complexity index is 678. The SMILES string of the molecule is CSc1nc2ncnc(NC3CCOC4(CCCCC4)C3)c2s1. The first-order chi connectivity index (χ1) is 11.3. The van der Waals surface area contributed by atoms with Gasteiger partial charge in [-0.3, -0.25) is 0 Å². The van der Waals surface area contributed by atoms with E-state index >= 15 is 0 Å². The fourth-order valence-electron chi connectivity index (χ4n) is 3.81. The highest BCUT2D eigenvalue weighted by atomic mass is 32.2. The van der Waals surface area contributed by atoms with E-state index in [0.29, 0.717) is 6.04 Å². The van der Waals surface area contributed by atoms with Crippen LogP contribution in [-0.4, -0.2) is 39.5 Å². The second-order valence-corrected chi connectivity index (χ2v) is 8.54. The van der Waals surface area contributed by atoms with Crippen LogP contribution in [0.5, 0.6) is 0 Å². The smallest absolute Gasteiger partial charge is 0.176 e. The van der Waals surface area contributed by atoms with Crippen molar-refractivity contribution in [2.45, 2.75) is 60.9 Å². The number of thiazole rings is 1. The number of nitrogens with one attached hydrogen (secondary N) is 1. The van der Waals surface area contributed by atoms with Crippen LogP contribution < -0.4 is 5.32 Å². The molecule has 3 heterocycles. The number of rotatable bonds is 3. The van der Waals surface area contributed by atoms with Crippen molar-refractivity contribution in [1.82, 2.24) is 15.0 Å². The molecular formula is C16H22N4OS2. The van der Waals surface area contributed by atoms with Gasteiger partial charge in [-0.1, -0.05) is 31.0 Å². The van der Waals surface area contributed by atoms with Gasteiger partial charge in [0.25, 0.3) is 0 Å². The Morgan fingerprint density at radius 3 is 3.00 bits per heavy atom. The predicted molar refractivity (Wildman–Crippen MR) is 95.4 cm³/mol. The molecule has 1 N–H and O–H groups in total. The summed E-state index contributed by atoms with van der Waals surface area (Å²) in [4.78, 5) is 13.3. The predicted octanol–water partition coefficient (Wildman–Crippen LogP) is 4.10. The Hall–Kier alpha value is -0.920. The summed E-state index contributed by atoms with van der Waals surface area (Å²) in [5.74, 6) is 0.936. The second kappa shape index (κ2) is 6.53. The molecule has 124 valence electrons. The molecule has 1 saturated carbocycles. The second-order valence-electron chi connectivity index (χ2n) is 6.49. The lowest BCUT2D eigenvalue weighted by molar-refractivity contribution is -0.103. The summed E-state index contributed by atoms with van der Waals surface area (Å²) < 4.78 is 8.31. The van der Waals surface area contributed by atoms with Crippen LogP contribution in [0.3, 0.4) is 0 Å². The van der Waals surface area contributed by atoms with E-state index in [4.69, 9.17) is 4.74 Å². The number of ether oxygens (including phenoxy) is 1. The minimum Gasteiger partial charge on any atom is -0.375 e. The molecule has 4 rings (SSSR count). The zero-order valence-electron chi connectivity index (χ0n) is 13.4. The summed E-state index contributed by atoms with van der Waals surface area (Å²) in [7, 11) is 0. The van der Waals surface area contributed by atoms with E-state index in [1.807, 2.05) is 6.26 Å². The molecule has 1 aliphatic heterocycles. The number of anilines is 1. The van der Waals surface area contributed by atoms with Gasteiger partial charge in [0.15, 0.2) is 9.99 Å². The first-order valence-corrected chi connectivity index (χ1v) is 10.4. The number of fused-ring (bicyclic) bond motifs is 1. The Balaban J connectivity index is 1.54. The zero-order valence-corrected chi connectivity index (χ0v) is 15.0. The number of hydrogen-bond acceptors (Lipinski definition) is 7. The van der Waals surface area contributed by atoms with Gasteiger partial charge in [0.1, 0.15) is 16.8 Å². The fraction of sp³-hybridized carbons (Fsp3) is 0.688. The van der Waals surface area contributed by atoms with Gasteiger partial charge in [0.2, 0.25) is 0 Å². The summed E-state index contributed by atoms with van der Waals surface area (Å²) in [5, 5.41) is 3.66. The third kappa shape index (κ3) is 3.19. The molecule has 2 aromatic rings. The molecule has 0 aromatic carbocycles. The van der Waals surface area contributed by atoms with Gasteiger partial charge in [0, 0.05) is 12.6 Å². The maximum absolute atomic E-state index is 6.20. The average molecular weight is 351 g/mol. The Labute approximate surface area is 144 Å². The van der Waals surface area contributed by atoms with Crippen molar-refractivity contribution in [3.63, 3.8) is 0 Å². The van der Waals surface area contributed by atoms with Crippen molar-refractivity contribution >= 4 is 39.3 Å². The summed E-state index contributed by atoms with van der Waals surface area (Å²) in [6, 6.07) is 0.430. The standard InChI is InChI=1S/C16H22N4OS2/c1-22-15-20-14-12(23-15)13(17-10-18-14)19-11-5-8-21-16(9-11)6-3-2-4-7-16/h10-11H,2-9H2,1H3,(H,17,18,19). The molecule has 1 unspecified atom stereocenters. The Kier molecular flexibility index (Phi) is 4.43. The largest absolute Gasteiger partial charge is 0.375 e. The Morgan fingerprint density at radius 1 is 1.30 bits per heavy atom. The molecular weight excluding hydrogens is 328 g/mol. The molecule has 2 fully saturated rings. The highest BCUT2D eigenvalue weighted by Crippen LogP contribution is 2.40. The third-order valence-corrected chi connectivity index (χ3v) is 6.98. The summed E-state index contributed by atoms with van der Waals surface area (Å²) in [5.41, 5.74) is 0.912. The van der Waals surface area contributed by atoms with Crippen LogP contribution in [0.1, 0.15) is 44.9 Å². The molecule has 1 aliphatic carbocycles. The van der Waals surface area contributed by atoms with Crippen LogP contribution in [-0.2, 0) is 4.74 Å². The highest BCUT2D eigenvalue weighted by Gasteiger charge is 2.38. The molecule has 0 amide bonds. The lowest BCUT2D eigenvalue weighted by Crippen LogP contribution is -2.45. The van der Waals surface area contributed by atoms with E-state index in [9.17, 15) is 0 Å². The average Bonchev–Trinajstić information content (AvgIpc) is 3.00. The molecule has 0 radical (unpaired) electrons. The first kappa shape index (κ1) is 15.6. The van der Waals surface area contributed by atoms with Crippen LogP contribution in [0.4, 0.5) is 5.82 Å². The van der Waals surface area contributed by atoms with E-state index in [-0.39, 0.29) is 5.60 Å². The summed E-state index contributed by atoms with van der Waals surface area (Å²) in [6.45, 7) is 0.852. The highest BCUT2D eigenvalue weighted by molar-refractivity contribution is 8.00. The van der Waals surface area contributed by atoms with Crippen molar-refractivity contribution in [1.29, 1.82) is 0 Å². The molecule has 2 aliphatic rings. The molecule has 0 bridgehead atoms. The van der Waals surface area contributed by atoms with Crippen molar-refractivity contribution in [2.75, 3.05) is 18.2 Å². The molecule has 7 heteroatoms. The zero-order chi connectivity index (χ0) is 15.7. The fourth-order valence-corrected chi connectivity index (χ4v) is 5.28. The lowest BCUT2D eigenvalue weighted by Gasteiger charge is -2.43. The van der Waals surface area contributed by atoms with Gasteiger partial charge in [0.05, 0.1) is 5.60 Å². The number of aromatic nitrogens is 3. The molecule has 2 aromatic heterocycles. The van der Waals surface area contributed by atoms with Crippen LogP contribution in [0, 0.1) is 0 Å². The van der Waals surface area contributed by atoms with E-state index in [0.717, 1.165) is 40.0 Å².